The van der Waals surface area contributed by atoms with Crippen molar-refractivity contribution < 1.29 is 17.9 Å². The number of nitrogens with zero attached hydrogens (tertiary/aromatic N) is 2. The zero-order valence-corrected chi connectivity index (χ0v) is 16.8. The Morgan fingerprint density at radius 2 is 1.82 bits per heavy atom. The third-order valence-corrected chi connectivity index (χ3v) is 6.93. The highest BCUT2D eigenvalue weighted by molar-refractivity contribution is 7.89. The largest absolute Gasteiger partial charge is 0.425 e. The second-order valence-corrected chi connectivity index (χ2v) is 9.01. The molecule has 0 unspecified atom stereocenters. The SMILES string of the molecule is Cc1ccc(Cl)c(OC(=O)C2CCN(S(=O)(=O)c3ccc(C#N)cc3)CC2)c1. The Morgan fingerprint density at radius 1 is 1.18 bits per heavy atom. The van der Waals surface area contributed by atoms with Crippen molar-refractivity contribution in [3.63, 3.8) is 0 Å². The smallest absolute Gasteiger partial charge is 0.314 e. The molecule has 0 aliphatic carbocycles. The number of carbonyl (C=O) groups excluding carboxylic acids is 1. The maximum absolute atomic E-state index is 12.7. The summed E-state index contributed by atoms with van der Waals surface area (Å²) in [7, 11) is -3.66. The number of hydrogen-bond acceptors (Lipinski definition) is 5. The number of hydrogen-bond donors (Lipinski definition) is 0. The van der Waals surface area contributed by atoms with Crippen molar-refractivity contribution in [2.24, 2.45) is 5.92 Å². The molecule has 1 heterocycles. The molecular formula is C20H19ClN2O4S. The van der Waals surface area contributed by atoms with Gasteiger partial charge in [-0.15, -0.1) is 0 Å². The number of ether oxygens (including phenoxy) is 1. The summed E-state index contributed by atoms with van der Waals surface area (Å²) in [6, 6.07) is 13.0. The number of rotatable bonds is 4. The normalized spacial score (nSPS) is 15.8. The van der Waals surface area contributed by atoms with Crippen molar-refractivity contribution in [2.45, 2.75) is 24.7 Å². The molecule has 146 valence electrons. The summed E-state index contributed by atoms with van der Waals surface area (Å²) in [5.41, 5.74) is 1.32. The van der Waals surface area contributed by atoms with Gasteiger partial charge in [-0.05, 0) is 61.7 Å². The Morgan fingerprint density at radius 3 is 2.43 bits per heavy atom. The molecule has 0 bridgehead atoms. The first-order chi connectivity index (χ1) is 13.3. The first-order valence-corrected chi connectivity index (χ1v) is 10.6. The van der Waals surface area contributed by atoms with Crippen LogP contribution in [0.4, 0.5) is 0 Å². The topological polar surface area (TPSA) is 87.5 Å². The van der Waals surface area contributed by atoms with Crippen molar-refractivity contribution in [3.8, 4) is 11.8 Å². The van der Waals surface area contributed by atoms with E-state index in [9.17, 15) is 13.2 Å². The number of aryl methyl sites for hydroxylation is 1. The summed E-state index contributed by atoms with van der Waals surface area (Å²) in [4.78, 5) is 12.6. The molecule has 2 aromatic carbocycles. The lowest BCUT2D eigenvalue weighted by Gasteiger charge is -2.30. The van der Waals surface area contributed by atoms with Gasteiger partial charge in [0.1, 0.15) is 5.75 Å². The van der Waals surface area contributed by atoms with Crippen molar-refractivity contribution in [2.75, 3.05) is 13.1 Å². The van der Waals surface area contributed by atoms with Crippen LogP contribution in [-0.4, -0.2) is 31.8 Å². The molecule has 8 heteroatoms. The molecule has 0 spiro atoms. The molecule has 0 saturated carbocycles. The van der Waals surface area contributed by atoms with Gasteiger partial charge in [0.15, 0.2) is 0 Å². The van der Waals surface area contributed by atoms with Crippen LogP contribution in [0.2, 0.25) is 5.02 Å². The predicted octanol–water partition coefficient (Wildman–Crippen LogP) is 3.53. The van der Waals surface area contributed by atoms with Crippen LogP contribution >= 0.6 is 11.6 Å². The minimum absolute atomic E-state index is 0.138. The van der Waals surface area contributed by atoms with E-state index in [4.69, 9.17) is 21.6 Å². The van der Waals surface area contributed by atoms with E-state index >= 15 is 0 Å². The first-order valence-electron chi connectivity index (χ1n) is 8.79. The van der Waals surface area contributed by atoms with Gasteiger partial charge < -0.3 is 4.74 Å². The van der Waals surface area contributed by atoms with E-state index in [1.807, 2.05) is 19.1 Å². The Bertz CT molecular complexity index is 1020. The van der Waals surface area contributed by atoms with E-state index in [2.05, 4.69) is 0 Å². The summed E-state index contributed by atoms with van der Waals surface area (Å²) in [6.45, 7) is 2.33. The van der Waals surface area contributed by atoms with Gasteiger partial charge in [0.2, 0.25) is 10.0 Å². The number of sulfonamides is 1. The summed E-state index contributed by atoms with van der Waals surface area (Å²) in [6.07, 6.45) is 0.746. The number of esters is 1. The summed E-state index contributed by atoms with van der Waals surface area (Å²) in [5, 5.41) is 9.20. The van der Waals surface area contributed by atoms with Gasteiger partial charge in [0.25, 0.3) is 0 Å². The van der Waals surface area contributed by atoms with Crippen LogP contribution in [0.1, 0.15) is 24.0 Å². The van der Waals surface area contributed by atoms with Crippen LogP contribution in [-0.2, 0) is 14.8 Å². The summed E-state index contributed by atoms with van der Waals surface area (Å²) < 4.78 is 32.3. The minimum Gasteiger partial charge on any atom is -0.425 e. The predicted molar refractivity (Wildman–Crippen MR) is 104 cm³/mol. The van der Waals surface area contributed by atoms with Crippen LogP contribution < -0.4 is 4.74 Å². The quantitative estimate of drug-likeness (QED) is 0.560. The van der Waals surface area contributed by atoms with Crippen LogP contribution in [0.25, 0.3) is 0 Å². The van der Waals surface area contributed by atoms with E-state index in [-0.39, 0.29) is 23.9 Å². The fourth-order valence-corrected chi connectivity index (χ4v) is 4.69. The molecule has 6 nitrogen and oxygen atoms in total. The molecule has 28 heavy (non-hydrogen) atoms. The van der Waals surface area contributed by atoms with Crippen molar-refractivity contribution in [1.82, 2.24) is 4.31 Å². The molecule has 0 radical (unpaired) electrons. The Labute approximate surface area is 169 Å². The Balaban J connectivity index is 1.64. The number of halogens is 1. The maximum atomic E-state index is 12.7. The fourth-order valence-electron chi connectivity index (χ4n) is 3.06. The highest BCUT2D eigenvalue weighted by Gasteiger charge is 2.33. The van der Waals surface area contributed by atoms with Crippen LogP contribution in [0.5, 0.6) is 5.75 Å². The summed E-state index contributed by atoms with van der Waals surface area (Å²) >= 11 is 6.07. The zero-order valence-electron chi connectivity index (χ0n) is 15.3. The van der Waals surface area contributed by atoms with Gasteiger partial charge in [0.05, 0.1) is 27.5 Å². The van der Waals surface area contributed by atoms with E-state index in [0.29, 0.717) is 29.2 Å². The molecule has 2 aromatic rings. The van der Waals surface area contributed by atoms with E-state index < -0.39 is 16.0 Å². The van der Waals surface area contributed by atoms with Crippen LogP contribution in [0, 0.1) is 24.2 Å². The Kier molecular flexibility index (Phi) is 6.04. The average molecular weight is 419 g/mol. The third-order valence-electron chi connectivity index (χ3n) is 4.71. The maximum Gasteiger partial charge on any atom is 0.314 e. The van der Waals surface area contributed by atoms with E-state index in [1.165, 1.54) is 28.6 Å². The lowest BCUT2D eigenvalue weighted by atomic mass is 9.98. The van der Waals surface area contributed by atoms with Gasteiger partial charge >= 0.3 is 5.97 Å². The number of benzene rings is 2. The number of carbonyl (C=O) groups is 1. The van der Waals surface area contributed by atoms with Gasteiger partial charge in [-0.25, -0.2) is 8.42 Å². The molecular weight excluding hydrogens is 400 g/mol. The lowest BCUT2D eigenvalue weighted by Crippen LogP contribution is -2.41. The number of piperidine rings is 1. The highest BCUT2D eigenvalue weighted by Crippen LogP contribution is 2.29. The molecule has 1 fully saturated rings. The minimum atomic E-state index is -3.66. The average Bonchev–Trinajstić information content (AvgIpc) is 2.71. The van der Waals surface area contributed by atoms with Crippen LogP contribution in [0.15, 0.2) is 47.4 Å². The van der Waals surface area contributed by atoms with Gasteiger partial charge in [-0.1, -0.05) is 17.7 Å². The second kappa shape index (κ2) is 8.31. The van der Waals surface area contributed by atoms with E-state index in [1.54, 1.807) is 12.1 Å². The molecule has 1 saturated heterocycles. The molecule has 1 aliphatic heterocycles. The monoisotopic (exact) mass is 418 g/mol. The van der Waals surface area contributed by atoms with Crippen molar-refractivity contribution >= 4 is 27.6 Å². The van der Waals surface area contributed by atoms with Crippen molar-refractivity contribution in [1.29, 1.82) is 5.26 Å². The van der Waals surface area contributed by atoms with E-state index in [0.717, 1.165) is 5.56 Å². The third kappa shape index (κ3) is 4.36. The molecule has 3 rings (SSSR count). The zero-order chi connectivity index (χ0) is 20.3. The molecule has 1 aliphatic rings. The fraction of sp³-hybridized carbons (Fsp3) is 0.300. The number of nitriles is 1. The molecule has 0 aromatic heterocycles. The molecule has 0 amide bonds. The molecule has 0 N–H and O–H groups in total. The van der Waals surface area contributed by atoms with Gasteiger partial charge in [-0.3, -0.25) is 4.79 Å². The van der Waals surface area contributed by atoms with Gasteiger partial charge in [-0.2, -0.15) is 9.57 Å². The summed E-state index contributed by atoms with van der Waals surface area (Å²) in [5.74, 6) is -0.466. The first kappa shape index (κ1) is 20.3. The standard InChI is InChI=1S/C20H19ClN2O4S/c1-14-2-7-18(21)19(12-14)27-20(24)16-8-10-23(11-9-16)28(25,26)17-5-3-15(13-22)4-6-17/h2-7,12,16H,8-11H2,1H3. The second-order valence-electron chi connectivity index (χ2n) is 6.67. The van der Waals surface area contributed by atoms with Gasteiger partial charge in [0, 0.05) is 13.1 Å². The lowest BCUT2D eigenvalue weighted by molar-refractivity contribution is -0.140. The molecule has 0 atom stereocenters. The highest BCUT2D eigenvalue weighted by atomic mass is 35.5. The van der Waals surface area contributed by atoms with Crippen molar-refractivity contribution in [3.05, 3.63) is 58.6 Å². The van der Waals surface area contributed by atoms with Crippen LogP contribution in [0.3, 0.4) is 0 Å². The Hall–Kier alpha value is -2.40.